The van der Waals surface area contributed by atoms with Crippen LogP contribution >= 0.6 is 11.3 Å². The molecule has 146 valence electrons. The predicted molar refractivity (Wildman–Crippen MR) is 109 cm³/mol. The van der Waals surface area contributed by atoms with Gasteiger partial charge in [0.05, 0.1) is 10.7 Å². The molecular weight excluding hydrogens is 362 g/mol. The molecular formula is C20H27N3O3S. The Morgan fingerprint density at radius 1 is 1.22 bits per heavy atom. The fourth-order valence-electron chi connectivity index (χ4n) is 2.53. The molecule has 1 heterocycles. The van der Waals surface area contributed by atoms with E-state index >= 15 is 0 Å². The minimum Gasteiger partial charge on any atom is -0.382 e. The second kappa shape index (κ2) is 10.8. The lowest BCUT2D eigenvalue weighted by Crippen LogP contribution is -2.25. The summed E-state index contributed by atoms with van der Waals surface area (Å²) in [5.41, 5.74) is 1.84. The van der Waals surface area contributed by atoms with Gasteiger partial charge in [-0.05, 0) is 51.3 Å². The summed E-state index contributed by atoms with van der Waals surface area (Å²) in [4.78, 5) is 29.9. The first-order valence-corrected chi connectivity index (χ1v) is 10.1. The van der Waals surface area contributed by atoms with Gasteiger partial charge < -0.3 is 15.4 Å². The molecule has 2 rings (SSSR count). The summed E-state index contributed by atoms with van der Waals surface area (Å²) >= 11 is 1.43. The number of nitrogens with one attached hydrogen (secondary N) is 2. The van der Waals surface area contributed by atoms with Gasteiger partial charge in [-0.3, -0.25) is 9.59 Å². The quantitative estimate of drug-likeness (QED) is 0.606. The van der Waals surface area contributed by atoms with Gasteiger partial charge in [0.1, 0.15) is 4.88 Å². The summed E-state index contributed by atoms with van der Waals surface area (Å²) in [5, 5.41) is 6.69. The molecule has 0 aliphatic carbocycles. The highest BCUT2D eigenvalue weighted by molar-refractivity contribution is 7.13. The predicted octanol–water partition coefficient (Wildman–Crippen LogP) is 3.81. The van der Waals surface area contributed by atoms with Gasteiger partial charge in [0.2, 0.25) is 0 Å². The largest absolute Gasteiger partial charge is 0.382 e. The normalized spacial score (nSPS) is 10.6. The van der Waals surface area contributed by atoms with Gasteiger partial charge in [-0.25, -0.2) is 4.98 Å². The average molecular weight is 390 g/mol. The molecule has 0 saturated carbocycles. The smallest absolute Gasteiger partial charge is 0.267 e. The minimum atomic E-state index is -0.193. The van der Waals surface area contributed by atoms with E-state index < -0.39 is 0 Å². The van der Waals surface area contributed by atoms with Crippen LogP contribution in [0.2, 0.25) is 0 Å². The van der Waals surface area contributed by atoms with Crippen molar-refractivity contribution in [2.24, 2.45) is 0 Å². The Balaban J connectivity index is 1.96. The van der Waals surface area contributed by atoms with Crippen molar-refractivity contribution in [1.29, 1.82) is 0 Å². The first kappa shape index (κ1) is 21.1. The molecule has 0 radical (unpaired) electrons. The van der Waals surface area contributed by atoms with E-state index in [4.69, 9.17) is 4.74 Å². The van der Waals surface area contributed by atoms with E-state index in [2.05, 4.69) is 22.5 Å². The Labute approximate surface area is 164 Å². The van der Waals surface area contributed by atoms with E-state index in [1.54, 1.807) is 24.3 Å². The van der Waals surface area contributed by atoms with Crippen LogP contribution in [0.25, 0.3) is 0 Å². The number of carbonyl (C=O) groups is 2. The number of hydrogen-bond donors (Lipinski definition) is 2. The van der Waals surface area contributed by atoms with Gasteiger partial charge in [0.15, 0.2) is 0 Å². The summed E-state index contributed by atoms with van der Waals surface area (Å²) in [6.45, 7) is 7.73. The van der Waals surface area contributed by atoms with E-state index in [-0.39, 0.29) is 11.8 Å². The van der Waals surface area contributed by atoms with Crippen LogP contribution in [0, 0.1) is 6.92 Å². The highest BCUT2D eigenvalue weighted by Gasteiger charge is 2.16. The summed E-state index contributed by atoms with van der Waals surface area (Å²) < 4.78 is 5.25. The molecule has 0 aliphatic heterocycles. The maximum Gasteiger partial charge on any atom is 0.267 e. The zero-order valence-corrected chi connectivity index (χ0v) is 16.9. The standard InChI is InChI=1S/C20H27N3O3S/c1-4-8-17-22-14(3)18(27-17)20(25)23-16-10-6-9-15(13-16)19(24)21-11-7-12-26-5-2/h6,9-10,13H,4-5,7-8,11-12H2,1-3H3,(H,21,24)(H,23,25). The molecule has 7 heteroatoms. The van der Waals surface area contributed by atoms with Crippen molar-refractivity contribution in [3.63, 3.8) is 0 Å². The summed E-state index contributed by atoms with van der Waals surface area (Å²) in [6, 6.07) is 6.93. The van der Waals surface area contributed by atoms with Crippen molar-refractivity contribution >= 4 is 28.8 Å². The lowest BCUT2D eigenvalue weighted by Gasteiger charge is -2.08. The number of aryl methyl sites for hydroxylation is 2. The third-order valence-electron chi connectivity index (χ3n) is 3.85. The van der Waals surface area contributed by atoms with E-state index in [1.165, 1.54) is 11.3 Å². The van der Waals surface area contributed by atoms with Crippen molar-refractivity contribution in [2.45, 2.75) is 40.0 Å². The number of hydrogen-bond acceptors (Lipinski definition) is 5. The molecule has 1 aromatic heterocycles. The molecule has 0 unspecified atom stereocenters. The van der Waals surface area contributed by atoms with Crippen LogP contribution in [-0.2, 0) is 11.2 Å². The van der Waals surface area contributed by atoms with Crippen LogP contribution < -0.4 is 10.6 Å². The first-order valence-electron chi connectivity index (χ1n) is 9.28. The van der Waals surface area contributed by atoms with Crippen molar-refractivity contribution < 1.29 is 14.3 Å². The minimum absolute atomic E-state index is 0.165. The zero-order chi connectivity index (χ0) is 19.6. The maximum absolute atomic E-state index is 12.6. The monoisotopic (exact) mass is 389 g/mol. The van der Waals surface area contributed by atoms with E-state index in [0.717, 1.165) is 30.0 Å². The number of thiazole rings is 1. The molecule has 0 aliphatic rings. The van der Waals surface area contributed by atoms with Gasteiger partial charge in [0, 0.05) is 31.0 Å². The Bertz CT molecular complexity index is 774. The second-order valence-corrected chi connectivity index (χ2v) is 7.20. The lowest BCUT2D eigenvalue weighted by molar-refractivity contribution is 0.0943. The number of carbonyl (C=O) groups excluding carboxylic acids is 2. The molecule has 6 nitrogen and oxygen atoms in total. The lowest BCUT2D eigenvalue weighted by atomic mass is 10.2. The second-order valence-electron chi connectivity index (χ2n) is 6.11. The Morgan fingerprint density at radius 2 is 2.04 bits per heavy atom. The van der Waals surface area contributed by atoms with Crippen LogP contribution in [0.3, 0.4) is 0 Å². The molecule has 0 spiro atoms. The molecule has 0 fully saturated rings. The molecule has 0 saturated heterocycles. The zero-order valence-electron chi connectivity index (χ0n) is 16.1. The van der Waals surface area contributed by atoms with Crippen molar-refractivity contribution in [3.05, 3.63) is 45.4 Å². The number of nitrogens with zero attached hydrogens (tertiary/aromatic N) is 1. The van der Waals surface area contributed by atoms with Crippen LogP contribution in [-0.4, -0.2) is 36.6 Å². The van der Waals surface area contributed by atoms with E-state index in [0.29, 0.717) is 35.9 Å². The summed E-state index contributed by atoms with van der Waals surface area (Å²) in [6.07, 6.45) is 2.63. The third kappa shape index (κ3) is 6.45. The number of anilines is 1. The van der Waals surface area contributed by atoms with E-state index in [9.17, 15) is 9.59 Å². The fourth-order valence-corrected chi connectivity index (χ4v) is 3.59. The van der Waals surface area contributed by atoms with Crippen molar-refractivity contribution in [1.82, 2.24) is 10.3 Å². The van der Waals surface area contributed by atoms with Crippen LogP contribution in [0.15, 0.2) is 24.3 Å². The van der Waals surface area contributed by atoms with Gasteiger partial charge in [-0.2, -0.15) is 0 Å². The maximum atomic E-state index is 12.6. The van der Waals surface area contributed by atoms with Crippen LogP contribution in [0.4, 0.5) is 5.69 Å². The van der Waals surface area contributed by atoms with Gasteiger partial charge >= 0.3 is 0 Å². The highest BCUT2D eigenvalue weighted by Crippen LogP contribution is 2.21. The number of amides is 2. The Hall–Kier alpha value is -2.25. The van der Waals surface area contributed by atoms with Crippen molar-refractivity contribution in [2.75, 3.05) is 25.1 Å². The van der Waals surface area contributed by atoms with Crippen LogP contribution in [0.1, 0.15) is 57.4 Å². The topological polar surface area (TPSA) is 80.3 Å². The van der Waals surface area contributed by atoms with Gasteiger partial charge in [-0.15, -0.1) is 11.3 Å². The number of benzene rings is 1. The molecule has 2 N–H and O–H groups in total. The van der Waals surface area contributed by atoms with Gasteiger partial charge in [-0.1, -0.05) is 13.0 Å². The number of aromatic nitrogens is 1. The molecule has 0 atom stereocenters. The van der Waals surface area contributed by atoms with Crippen LogP contribution in [0.5, 0.6) is 0 Å². The third-order valence-corrected chi connectivity index (χ3v) is 5.06. The fraction of sp³-hybridized carbons (Fsp3) is 0.450. The number of ether oxygens (including phenoxy) is 1. The Morgan fingerprint density at radius 3 is 2.78 bits per heavy atom. The SMILES string of the molecule is CCCc1nc(C)c(C(=O)Nc2cccc(C(=O)NCCCOCC)c2)s1. The molecule has 27 heavy (non-hydrogen) atoms. The molecule has 2 aromatic rings. The van der Waals surface area contributed by atoms with E-state index in [1.807, 2.05) is 13.8 Å². The first-order chi connectivity index (χ1) is 13.0. The van der Waals surface area contributed by atoms with Gasteiger partial charge in [0.25, 0.3) is 11.8 Å². The van der Waals surface area contributed by atoms with Crippen molar-refractivity contribution in [3.8, 4) is 0 Å². The highest BCUT2D eigenvalue weighted by atomic mass is 32.1. The average Bonchev–Trinajstić information content (AvgIpc) is 3.02. The summed E-state index contributed by atoms with van der Waals surface area (Å²) in [5.74, 6) is -0.358. The summed E-state index contributed by atoms with van der Waals surface area (Å²) in [7, 11) is 0. The Kier molecular flexibility index (Phi) is 8.42. The molecule has 2 amide bonds. The molecule has 0 bridgehead atoms. The number of rotatable bonds is 10. The molecule has 1 aromatic carbocycles.